The van der Waals surface area contributed by atoms with E-state index in [1.54, 1.807) is 45.9 Å². The molecule has 2 fully saturated rings. The summed E-state index contributed by atoms with van der Waals surface area (Å²) >= 11 is 0. The molecule has 1 aromatic carbocycles. The molecule has 37 heavy (non-hydrogen) atoms. The van der Waals surface area contributed by atoms with Crippen LogP contribution in [0.1, 0.15) is 18.4 Å². The summed E-state index contributed by atoms with van der Waals surface area (Å²) < 4.78 is 12.8. The number of nitriles is 1. The molecule has 1 unspecified atom stereocenters. The average molecular weight is 501 g/mol. The Morgan fingerprint density at radius 1 is 1.11 bits per heavy atom. The summed E-state index contributed by atoms with van der Waals surface area (Å²) in [6, 6.07) is 14.1. The number of carbonyl (C=O) groups excluding carboxylic acids is 2. The van der Waals surface area contributed by atoms with Crippen LogP contribution in [0.4, 0.5) is 16.4 Å². The molecule has 6 rings (SSSR count). The largest absolute Gasteiger partial charge is 0.480 e. The number of amides is 2. The molecule has 0 radical (unpaired) electrons. The van der Waals surface area contributed by atoms with E-state index in [1.807, 2.05) is 6.07 Å². The molecule has 3 aliphatic heterocycles. The van der Waals surface area contributed by atoms with Crippen LogP contribution in [0.25, 0.3) is 10.9 Å². The molecule has 0 bridgehead atoms. The maximum atomic E-state index is 12.8. The summed E-state index contributed by atoms with van der Waals surface area (Å²) in [5, 5.41) is 12.8. The first-order valence-electron chi connectivity index (χ1n) is 12.2. The molecule has 0 spiro atoms. The van der Waals surface area contributed by atoms with Gasteiger partial charge >= 0.3 is 6.09 Å². The molecule has 1 N–H and O–H groups in total. The highest BCUT2D eigenvalue weighted by molar-refractivity contribution is 5.95. The fraction of sp³-hybridized carbons (Fsp3) is 0.346. The number of anilines is 2. The monoisotopic (exact) mass is 500 g/mol. The number of likely N-dealkylation sites (tertiary alicyclic amines) is 1. The second kappa shape index (κ2) is 9.22. The number of benzene rings is 1. The summed E-state index contributed by atoms with van der Waals surface area (Å²) in [7, 11) is 0. The first kappa shape index (κ1) is 23.0. The van der Waals surface area contributed by atoms with Crippen molar-refractivity contribution in [1.29, 1.82) is 5.26 Å². The number of aromatic nitrogens is 2. The van der Waals surface area contributed by atoms with Crippen molar-refractivity contribution in [2.45, 2.75) is 31.5 Å². The van der Waals surface area contributed by atoms with Crippen LogP contribution in [-0.4, -0.2) is 64.8 Å². The van der Waals surface area contributed by atoms with Gasteiger partial charge in [0.15, 0.2) is 18.2 Å². The molecule has 11 nitrogen and oxygen atoms in total. The predicted molar refractivity (Wildman–Crippen MR) is 133 cm³/mol. The van der Waals surface area contributed by atoms with Gasteiger partial charge < -0.3 is 19.4 Å². The summed E-state index contributed by atoms with van der Waals surface area (Å²) in [6.07, 6.45) is 0.681. The van der Waals surface area contributed by atoms with Crippen LogP contribution in [0.2, 0.25) is 0 Å². The second-order valence-corrected chi connectivity index (χ2v) is 9.36. The standard InChI is InChI=1S/C26H24N6O5/c27-13-16-2-3-17-4-7-24(34)31(19(17)12-16)10-1-9-30-11-8-18-21(14-30)37-26(35)32(18)22-6-5-20-25(28-22)29-23(33)15-36-20/h2-7,12,18,21H,1,8-11,14-15H2,(H,28,29,33)/t18?,21-/m1/s1. The highest BCUT2D eigenvalue weighted by atomic mass is 16.6. The molecule has 2 atom stereocenters. The second-order valence-electron chi connectivity index (χ2n) is 9.36. The number of carbonyl (C=O) groups is 2. The Balaban J connectivity index is 1.11. The number of nitrogens with zero attached hydrogens (tertiary/aromatic N) is 5. The number of aryl methyl sites for hydroxylation is 1. The van der Waals surface area contributed by atoms with E-state index in [0.717, 1.165) is 30.4 Å². The predicted octanol–water partition coefficient (Wildman–Crippen LogP) is 2.09. The molecule has 2 amide bonds. The number of piperidine rings is 1. The molecule has 2 aromatic heterocycles. The minimum atomic E-state index is -0.456. The number of fused-ring (bicyclic) bond motifs is 3. The minimum Gasteiger partial charge on any atom is -0.480 e. The van der Waals surface area contributed by atoms with Crippen LogP contribution in [0.3, 0.4) is 0 Å². The van der Waals surface area contributed by atoms with Crippen molar-refractivity contribution in [3.05, 3.63) is 58.4 Å². The van der Waals surface area contributed by atoms with Gasteiger partial charge in [0.25, 0.3) is 11.5 Å². The van der Waals surface area contributed by atoms with Crippen LogP contribution < -0.4 is 20.5 Å². The van der Waals surface area contributed by atoms with Crippen molar-refractivity contribution in [2.24, 2.45) is 0 Å². The minimum absolute atomic E-state index is 0.0592. The summed E-state index contributed by atoms with van der Waals surface area (Å²) in [6.45, 7) is 2.55. The van der Waals surface area contributed by atoms with E-state index in [0.29, 0.717) is 42.5 Å². The topological polar surface area (TPSA) is 130 Å². The lowest BCUT2D eigenvalue weighted by Crippen LogP contribution is -2.49. The van der Waals surface area contributed by atoms with Crippen LogP contribution in [0, 0.1) is 11.3 Å². The third-order valence-corrected chi connectivity index (χ3v) is 7.07. The maximum absolute atomic E-state index is 12.8. The first-order valence-corrected chi connectivity index (χ1v) is 12.2. The van der Waals surface area contributed by atoms with Gasteiger partial charge in [0.1, 0.15) is 11.9 Å². The van der Waals surface area contributed by atoms with E-state index in [4.69, 9.17) is 9.47 Å². The zero-order chi connectivity index (χ0) is 25.5. The van der Waals surface area contributed by atoms with Crippen molar-refractivity contribution in [2.75, 3.05) is 36.5 Å². The van der Waals surface area contributed by atoms with E-state index in [1.165, 1.54) is 0 Å². The summed E-state index contributed by atoms with van der Waals surface area (Å²) in [5.74, 6) is 0.899. The molecule has 3 aromatic rings. The number of pyridine rings is 2. The molecule has 2 saturated heterocycles. The number of nitrogens with one attached hydrogen (secondary N) is 1. The maximum Gasteiger partial charge on any atom is 0.416 e. The fourth-order valence-electron chi connectivity index (χ4n) is 5.30. The Kier molecular flexibility index (Phi) is 5.73. The van der Waals surface area contributed by atoms with Gasteiger partial charge in [-0.2, -0.15) is 5.26 Å². The van der Waals surface area contributed by atoms with Crippen LogP contribution in [0.15, 0.2) is 47.3 Å². The van der Waals surface area contributed by atoms with Gasteiger partial charge in [0.05, 0.1) is 23.2 Å². The molecule has 0 aliphatic carbocycles. The molecular weight excluding hydrogens is 476 g/mol. The Hall–Kier alpha value is -4.43. The van der Waals surface area contributed by atoms with Crippen LogP contribution in [0.5, 0.6) is 5.75 Å². The number of ether oxygens (including phenoxy) is 2. The van der Waals surface area contributed by atoms with Crippen molar-refractivity contribution < 1.29 is 19.1 Å². The zero-order valence-electron chi connectivity index (χ0n) is 19.9. The molecule has 3 aliphatic rings. The number of hydrogen-bond acceptors (Lipinski definition) is 8. The highest BCUT2D eigenvalue weighted by Crippen LogP contribution is 2.34. The van der Waals surface area contributed by atoms with Crippen molar-refractivity contribution >= 4 is 34.5 Å². The third-order valence-electron chi connectivity index (χ3n) is 7.07. The van der Waals surface area contributed by atoms with Crippen molar-refractivity contribution in [3.8, 4) is 11.8 Å². The quantitative estimate of drug-likeness (QED) is 0.564. The fourth-order valence-corrected chi connectivity index (χ4v) is 5.30. The molecule has 0 saturated carbocycles. The molecular formula is C26H24N6O5. The summed E-state index contributed by atoms with van der Waals surface area (Å²) in [4.78, 5) is 45.2. The average Bonchev–Trinajstić information content (AvgIpc) is 3.24. The lowest BCUT2D eigenvalue weighted by atomic mass is 10.0. The van der Waals surface area contributed by atoms with E-state index in [2.05, 4.69) is 21.3 Å². The Morgan fingerprint density at radius 2 is 1.97 bits per heavy atom. The highest BCUT2D eigenvalue weighted by Gasteiger charge is 2.46. The van der Waals surface area contributed by atoms with Gasteiger partial charge in [-0.3, -0.25) is 19.4 Å². The van der Waals surface area contributed by atoms with Crippen molar-refractivity contribution in [3.63, 3.8) is 0 Å². The third kappa shape index (κ3) is 4.25. The normalized spacial score (nSPS) is 21.0. The lowest BCUT2D eigenvalue weighted by Gasteiger charge is -2.35. The Morgan fingerprint density at radius 3 is 2.84 bits per heavy atom. The van der Waals surface area contributed by atoms with Gasteiger partial charge in [0.2, 0.25) is 0 Å². The summed E-state index contributed by atoms with van der Waals surface area (Å²) in [5.41, 5.74) is 1.18. The molecule has 188 valence electrons. The van der Waals surface area contributed by atoms with E-state index in [9.17, 15) is 19.6 Å². The lowest BCUT2D eigenvalue weighted by molar-refractivity contribution is -0.118. The van der Waals surface area contributed by atoms with Crippen LogP contribution in [-0.2, 0) is 16.1 Å². The van der Waals surface area contributed by atoms with Gasteiger partial charge in [-0.15, -0.1) is 0 Å². The van der Waals surface area contributed by atoms with Crippen molar-refractivity contribution in [1.82, 2.24) is 14.5 Å². The Labute approximate surface area is 211 Å². The van der Waals surface area contributed by atoms with E-state index >= 15 is 0 Å². The van der Waals surface area contributed by atoms with Gasteiger partial charge in [-0.25, -0.2) is 9.78 Å². The molecule has 11 heteroatoms. The molecule has 5 heterocycles. The van der Waals surface area contributed by atoms with Gasteiger partial charge in [-0.1, -0.05) is 6.07 Å². The first-order chi connectivity index (χ1) is 18.0. The van der Waals surface area contributed by atoms with Crippen LogP contribution >= 0.6 is 0 Å². The Bertz CT molecular complexity index is 1510. The number of rotatable bonds is 5. The van der Waals surface area contributed by atoms with E-state index in [-0.39, 0.29) is 30.2 Å². The van der Waals surface area contributed by atoms with E-state index < -0.39 is 6.09 Å². The zero-order valence-corrected chi connectivity index (χ0v) is 19.9. The smallest absolute Gasteiger partial charge is 0.416 e. The van der Waals surface area contributed by atoms with Gasteiger partial charge in [-0.05, 0) is 55.1 Å². The number of hydrogen-bond donors (Lipinski definition) is 1. The van der Waals surface area contributed by atoms with Gasteiger partial charge in [0, 0.05) is 25.7 Å². The SMILES string of the molecule is N#Cc1ccc2ccc(=O)n(CCCN3CCC4[C@@H](C3)OC(=O)N4c3ccc4c(n3)NC(=O)CO4)c2c1.